The molecule has 184 valence electrons. The largest absolute Gasteiger partial charge is 0.493 e. The second-order valence-corrected chi connectivity index (χ2v) is 11.1. The molecule has 0 bridgehead atoms. The number of ketones is 1. The van der Waals surface area contributed by atoms with Crippen LogP contribution in [0.15, 0.2) is 41.3 Å². The molecule has 2 aromatic rings. The van der Waals surface area contributed by atoms with Gasteiger partial charge in [0.15, 0.2) is 5.78 Å². The maximum Gasteiger partial charge on any atom is 0.264 e. The molecule has 0 spiro atoms. The lowest BCUT2D eigenvalue weighted by Gasteiger charge is -2.37. The number of Topliss-reactive ketones (excluding diaryl/α,β-unsaturated/α-hetero) is 1. The van der Waals surface area contributed by atoms with Crippen molar-refractivity contribution in [3.63, 3.8) is 0 Å². The van der Waals surface area contributed by atoms with Gasteiger partial charge in [-0.3, -0.25) is 9.10 Å². The molecule has 6 nitrogen and oxygen atoms in total. The van der Waals surface area contributed by atoms with Crippen molar-refractivity contribution >= 4 is 21.5 Å². The molecule has 2 aliphatic heterocycles. The zero-order valence-corrected chi connectivity index (χ0v) is 21.2. The third-order valence-corrected chi connectivity index (χ3v) is 8.90. The first kappa shape index (κ1) is 24.7. The topological polar surface area (TPSA) is 72.9 Å². The van der Waals surface area contributed by atoms with Gasteiger partial charge in [-0.1, -0.05) is 26.0 Å². The smallest absolute Gasteiger partial charge is 0.264 e. The van der Waals surface area contributed by atoms with E-state index in [-0.39, 0.29) is 16.7 Å². The Hall–Kier alpha value is -2.38. The monoisotopic (exact) mass is 485 g/mol. The number of hydrogen-bond acceptors (Lipinski definition) is 5. The molecule has 1 fully saturated rings. The third-order valence-electron chi connectivity index (χ3n) is 7.04. The molecular weight excluding hydrogens is 450 g/mol. The van der Waals surface area contributed by atoms with E-state index in [1.807, 2.05) is 19.1 Å². The van der Waals surface area contributed by atoms with Gasteiger partial charge in [-0.15, -0.1) is 0 Å². The van der Waals surface area contributed by atoms with E-state index in [4.69, 9.17) is 9.47 Å². The Morgan fingerprint density at radius 3 is 2.53 bits per heavy atom. The van der Waals surface area contributed by atoms with Crippen molar-refractivity contribution in [2.24, 2.45) is 5.92 Å². The molecule has 2 aromatic carbocycles. The van der Waals surface area contributed by atoms with E-state index in [9.17, 15) is 13.2 Å². The van der Waals surface area contributed by atoms with Crippen molar-refractivity contribution < 1.29 is 22.7 Å². The number of rotatable bonds is 8. The summed E-state index contributed by atoms with van der Waals surface area (Å²) in [5.74, 6) is 0.606. The van der Waals surface area contributed by atoms with Gasteiger partial charge < -0.3 is 9.47 Å². The van der Waals surface area contributed by atoms with E-state index in [0.717, 1.165) is 63.0 Å². The lowest BCUT2D eigenvalue weighted by molar-refractivity contribution is 0.0495. The highest BCUT2D eigenvalue weighted by atomic mass is 32.2. The zero-order chi connectivity index (χ0) is 24.3. The van der Waals surface area contributed by atoms with Crippen molar-refractivity contribution in [2.45, 2.75) is 70.2 Å². The fraction of sp³-hybridized carbons (Fsp3) is 0.519. The molecule has 1 unspecified atom stereocenters. The van der Waals surface area contributed by atoms with E-state index >= 15 is 0 Å². The number of fused-ring (bicyclic) bond motifs is 1. The molecule has 0 aromatic heterocycles. The minimum absolute atomic E-state index is 0.116. The second-order valence-electron chi connectivity index (χ2n) is 9.30. The van der Waals surface area contributed by atoms with E-state index in [0.29, 0.717) is 23.8 Å². The maximum atomic E-state index is 13.9. The number of carbonyl (C=O) groups excluding carboxylic acids is 1. The minimum atomic E-state index is -3.86. The van der Waals surface area contributed by atoms with Gasteiger partial charge in [0.25, 0.3) is 10.0 Å². The molecule has 2 heterocycles. The van der Waals surface area contributed by atoms with Crippen LogP contribution in [0.1, 0.15) is 67.9 Å². The number of hydrogen-bond donors (Lipinski definition) is 0. The Morgan fingerprint density at radius 1 is 1.09 bits per heavy atom. The lowest BCUT2D eigenvalue weighted by atomic mass is 9.94. The average molecular weight is 486 g/mol. The van der Waals surface area contributed by atoms with Crippen molar-refractivity contribution in [1.82, 2.24) is 0 Å². The summed E-state index contributed by atoms with van der Waals surface area (Å²) in [7, 11) is -3.86. The standard InChI is InChI=1S/C27H35NO5S/c1-4-20-6-10-26-22(16-20)7-8-23(5-2)28(26)34(30,31)24-9-11-27(25(17-24)19(3)29)33-18-21-12-14-32-15-13-21/h6,9-11,16-17,21,23H,4-5,7-8,12-15,18H2,1-3H3. The Morgan fingerprint density at radius 2 is 1.85 bits per heavy atom. The molecule has 1 saturated heterocycles. The van der Waals surface area contributed by atoms with Gasteiger partial charge in [0, 0.05) is 19.3 Å². The first-order chi connectivity index (χ1) is 16.3. The number of carbonyl (C=O) groups is 1. The number of anilines is 1. The van der Waals surface area contributed by atoms with Gasteiger partial charge in [0.05, 0.1) is 22.8 Å². The number of nitrogens with zero attached hydrogens (tertiary/aromatic N) is 1. The number of benzene rings is 2. The molecule has 0 aliphatic carbocycles. The summed E-state index contributed by atoms with van der Waals surface area (Å²) in [6.07, 6.45) is 5.13. The lowest BCUT2D eigenvalue weighted by Crippen LogP contribution is -2.43. The van der Waals surface area contributed by atoms with Crippen molar-refractivity contribution in [3.8, 4) is 5.75 Å². The summed E-state index contributed by atoms with van der Waals surface area (Å²) in [6, 6.07) is 10.6. The summed E-state index contributed by atoms with van der Waals surface area (Å²) in [5.41, 5.74) is 3.33. The van der Waals surface area contributed by atoms with Gasteiger partial charge >= 0.3 is 0 Å². The molecule has 0 saturated carbocycles. The van der Waals surface area contributed by atoms with Crippen LogP contribution in [-0.4, -0.2) is 40.1 Å². The summed E-state index contributed by atoms with van der Waals surface area (Å²) >= 11 is 0. The van der Waals surface area contributed by atoms with Crippen molar-refractivity contribution in [1.29, 1.82) is 0 Å². The van der Waals surface area contributed by atoms with Gasteiger partial charge in [-0.05, 0) is 86.8 Å². The molecule has 34 heavy (non-hydrogen) atoms. The van der Waals surface area contributed by atoms with E-state index < -0.39 is 10.0 Å². The molecule has 0 N–H and O–H groups in total. The van der Waals surface area contributed by atoms with E-state index in [1.54, 1.807) is 16.4 Å². The van der Waals surface area contributed by atoms with Crippen LogP contribution >= 0.6 is 0 Å². The highest BCUT2D eigenvalue weighted by molar-refractivity contribution is 7.92. The first-order valence-electron chi connectivity index (χ1n) is 12.4. The SMILES string of the molecule is CCc1ccc2c(c1)CCC(CC)N2S(=O)(=O)c1ccc(OCC2CCOCC2)c(C(C)=O)c1. The van der Waals surface area contributed by atoms with E-state index in [2.05, 4.69) is 13.0 Å². The molecule has 1 atom stereocenters. The van der Waals surface area contributed by atoms with Crippen molar-refractivity contribution in [3.05, 3.63) is 53.1 Å². The number of sulfonamides is 1. The summed E-state index contributed by atoms with van der Waals surface area (Å²) in [6.45, 7) is 7.51. The van der Waals surface area contributed by atoms with Gasteiger partial charge in [-0.2, -0.15) is 0 Å². The zero-order valence-electron chi connectivity index (χ0n) is 20.4. The Labute approximate surface area is 203 Å². The van der Waals surface area contributed by atoms with Crippen LogP contribution in [0.4, 0.5) is 5.69 Å². The Balaban J connectivity index is 1.67. The number of ether oxygens (including phenoxy) is 2. The van der Waals surface area contributed by atoms with Crippen molar-refractivity contribution in [2.75, 3.05) is 24.1 Å². The van der Waals surface area contributed by atoms with Gasteiger partial charge in [-0.25, -0.2) is 8.42 Å². The quantitative estimate of drug-likeness (QED) is 0.482. The van der Waals surface area contributed by atoms with Crippen LogP contribution in [0.25, 0.3) is 0 Å². The van der Waals surface area contributed by atoms with Crippen LogP contribution in [0.3, 0.4) is 0 Å². The molecule has 7 heteroatoms. The Bertz CT molecular complexity index is 1140. The summed E-state index contributed by atoms with van der Waals surface area (Å²) in [4.78, 5) is 12.6. The van der Waals surface area contributed by atoms with E-state index in [1.165, 1.54) is 18.6 Å². The van der Waals surface area contributed by atoms with Crippen LogP contribution in [0, 0.1) is 5.92 Å². The number of aryl methyl sites for hydroxylation is 2. The van der Waals surface area contributed by atoms with Crippen LogP contribution in [-0.2, 0) is 27.6 Å². The van der Waals surface area contributed by atoms with Gasteiger partial charge in [0.1, 0.15) is 5.75 Å². The predicted molar refractivity (Wildman–Crippen MR) is 133 cm³/mol. The molecule has 2 aliphatic rings. The second kappa shape index (κ2) is 10.5. The summed E-state index contributed by atoms with van der Waals surface area (Å²) in [5, 5.41) is 0. The molecular formula is C27H35NO5S. The highest BCUT2D eigenvalue weighted by Gasteiger charge is 2.36. The fourth-order valence-electron chi connectivity index (χ4n) is 4.91. The van der Waals surface area contributed by atoms with Crippen LogP contribution < -0.4 is 9.04 Å². The molecule has 0 amide bonds. The first-order valence-corrected chi connectivity index (χ1v) is 13.8. The normalized spacial score (nSPS) is 19.0. The van der Waals surface area contributed by atoms with Gasteiger partial charge in [0.2, 0.25) is 0 Å². The van der Waals surface area contributed by atoms with Crippen LogP contribution in [0.5, 0.6) is 5.75 Å². The third kappa shape index (κ3) is 5.01. The molecule has 0 radical (unpaired) electrons. The highest BCUT2D eigenvalue weighted by Crippen LogP contribution is 2.38. The minimum Gasteiger partial charge on any atom is -0.493 e. The predicted octanol–water partition coefficient (Wildman–Crippen LogP) is 5.18. The van der Waals surface area contributed by atoms with Crippen LogP contribution in [0.2, 0.25) is 0 Å². The fourth-order valence-corrected chi connectivity index (χ4v) is 6.73. The summed E-state index contributed by atoms with van der Waals surface area (Å²) < 4.78 is 40.8. The average Bonchev–Trinajstić information content (AvgIpc) is 2.86. The molecule has 4 rings (SSSR count). The Kier molecular flexibility index (Phi) is 7.63. The maximum absolute atomic E-state index is 13.9.